The Balaban J connectivity index is 1.31. The zero-order chi connectivity index (χ0) is 23.2. The number of allylic oxidation sites excluding steroid dienone is 6. The lowest BCUT2D eigenvalue weighted by molar-refractivity contribution is -0.129. The SMILES string of the molecule is C[C@]12CCC3C4=CCC=C(F)C=C4CCC3C1[C@H](CCC(=O)Nc1ccc(F)cn1)CC2=O. The van der Waals surface area contributed by atoms with Gasteiger partial charge >= 0.3 is 0 Å². The van der Waals surface area contributed by atoms with Crippen LogP contribution in [0.25, 0.3) is 0 Å². The van der Waals surface area contributed by atoms with E-state index in [4.69, 9.17) is 0 Å². The molecule has 1 aromatic rings. The van der Waals surface area contributed by atoms with Crippen molar-refractivity contribution in [3.8, 4) is 0 Å². The first-order valence-corrected chi connectivity index (χ1v) is 12.1. The lowest BCUT2D eigenvalue weighted by atomic mass is 9.53. The van der Waals surface area contributed by atoms with Crippen molar-refractivity contribution in [2.45, 2.75) is 58.3 Å². The van der Waals surface area contributed by atoms with Gasteiger partial charge in [-0.15, -0.1) is 0 Å². The highest BCUT2D eigenvalue weighted by Gasteiger charge is 2.58. The molecule has 3 saturated carbocycles. The standard InChI is InChI=1S/C27H30F2N2O2/c1-27-12-11-21-20-4-2-3-18(28)13-16(20)5-8-22(21)26(27)17(14-23(27)32)6-10-25(33)31-24-9-7-19(29)15-30-24/h3-4,7,9,13,15,17,21-22,26H,2,5-6,8,10-12,14H2,1H3,(H,30,31,33)/t17-,21?,22?,26?,27-/m1/s1. The summed E-state index contributed by atoms with van der Waals surface area (Å²) in [4.78, 5) is 29.5. The molecule has 3 fully saturated rings. The van der Waals surface area contributed by atoms with E-state index in [9.17, 15) is 18.4 Å². The quantitative estimate of drug-likeness (QED) is 0.602. The van der Waals surface area contributed by atoms with Gasteiger partial charge in [0.15, 0.2) is 0 Å². The van der Waals surface area contributed by atoms with Gasteiger partial charge in [-0.25, -0.2) is 13.8 Å². The van der Waals surface area contributed by atoms with E-state index in [1.165, 1.54) is 17.7 Å². The summed E-state index contributed by atoms with van der Waals surface area (Å²) in [6, 6.07) is 2.71. The largest absolute Gasteiger partial charge is 0.311 e. The maximum absolute atomic E-state index is 14.0. The molecule has 1 N–H and O–H groups in total. The van der Waals surface area contributed by atoms with Gasteiger partial charge in [0, 0.05) is 18.3 Å². The monoisotopic (exact) mass is 452 g/mol. The first-order valence-electron chi connectivity index (χ1n) is 12.1. The van der Waals surface area contributed by atoms with E-state index in [-0.39, 0.29) is 29.0 Å². The third kappa shape index (κ3) is 4.09. The molecule has 0 spiro atoms. The first kappa shape index (κ1) is 22.2. The number of hydrogen-bond donors (Lipinski definition) is 1. The van der Waals surface area contributed by atoms with Gasteiger partial charge in [0.05, 0.1) is 6.20 Å². The van der Waals surface area contributed by atoms with Crippen LogP contribution in [0, 0.1) is 34.9 Å². The maximum atomic E-state index is 14.0. The normalized spacial score (nSPS) is 33.1. The van der Waals surface area contributed by atoms with Gasteiger partial charge in [0.1, 0.15) is 23.2 Å². The molecule has 1 aromatic heterocycles. The Morgan fingerprint density at radius 3 is 2.88 bits per heavy atom. The van der Waals surface area contributed by atoms with E-state index in [0.717, 1.165) is 37.5 Å². The highest BCUT2D eigenvalue weighted by atomic mass is 19.1. The predicted molar refractivity (Wildman–Crippen MR) is 122 cm³/mol. The Morgan fingerprint density at radius 2 is 2.09 bits per heavy atom. The minimum absolute atomic E-state index is 0.147. The summed E-state index contributed by atoms with van der Waals surface area (Å²) in [5.74, 6) is 1.10. The van der Waals surface area contributed by atoms with Crippen molar-refractivity contribution in [3.05, 3.63) is 59.3 Å². The molecule has 1 amide bonds. The van der Waals surface area contributed by atoms with Crippen LogP contribution in [0.15, 0.2) is 53.5 Å². The van der Waals surface area contributed by atoms with Crippen LogP contribution < -0.4 is 5.32 Å². The Labute approximate surface area is 193 Å². The van der Waals surface area contributed by atoms with Crippen molar-refractivity contribution in [2.24, 2.45) is 29.1 Å². The van der Waals surface area contributed by atoms with Gasteiger partial charge in [0.25, 0.3) is 0 Å². The minimum atomic E-state index is -0.448. The van der Waals surface area contributed by atoms with Crippen LogP contribution in [0.1, 0.15) is 58.3 Å². The number of carbonyl (C=O) groups excluding carboxylic acids is 2. The number of pyridine rings is 1. The minimum Gasteiger partial charge on any atom is -0.311 e. The highest BCUT2D eigenvalue weighted by molar-refractivity contribution is 5.90. The fourth-order valence-electron chi connectivity index (χ4n) is 7.04. The number of Topliss-reactive ketones (excluding diaryl/α,β-unsaturated/α-hetero) is 1. The Morgan fingerprint density at radius 1 is 1.24 bits per heavy atom. The summed E-state index contributed by atoms with van der Waals surface area (Å²) in [6.07, 6.45) is 12.4. The number of aromatic nitrogens is 1. The molecule has 4 nitrogen and oxygen atoms in total. The van der Waals surface area contributed by atoms with Crippen molar-refractivity contribution in [3.63, 3.8) is 0 Å². The topological polar surface area (TPSA) is 59.1 Å². The predicted octanol–water partition coefficient (Wildman–Crippen LogP) is 6.08. The Hall–Kier alpha value is -2.63. The Bertz CT molecular complexity index is 1060. The fourth-order valence-corrected chi connectivity index (χ4v) is 7.04. The molecule has 0 bridgehead atoms. The second-order valence-electron chi connectivity index (χ2n) is 10.3. The molecule has 0 aromatic carbocycles. The molecular weight excluding hydrogens is 422 g/mol. The molecule has 5 atom stereocenters. The zero-order valence-electron chi connectivity index (χ0n) is 18.9. The number of rotatable bonds is 4. The number of nitrogens with zero attached hydrogens (tertiary/aromatic N) is 1. The lowest BCUT2D eigenvalue weighted by Crippen LogP contribution is -2.45. The summed E-state index contributed by atoms with van der Waals surface area (Å²) in [5.41, 5.74) is 2.09. The lowest BCUT2D eigenvalue weighted by Gasteiger charge is -2.50. The van der Waals surface area contributed by atoms with Crippen molar-refractivity contribution in [2.75, 3.05) is 5.32 Å². The van der Waals surface area contributed by atoms with Gasteiger partial charge in [-0.2, -0.15) is 0 Å². The van der Waals surface area contributed by atoms with Crippen molar-refractivity contribution >= 4 is 17.5 Å². The summed E-state index contributed by atoms with van der Waals surface area (Å²) in [7, 11) is 0. The third-order valence-electron chi connectivity index (χ3n) is 8.50. The number of ketones is 1. The summed E-state index contributed by atoms with van der Waals surface area (Å²) in [6.45, 7) is 2.13. The summed E-state index contributed by atoms with van der Waals surface area (Å²) >= 11 is 0. The van der Waals surface area contributed by atoms with E-state index in [0.29, 0.717) is 49.1 Å². The molecule has 33 heavy (non-hydrogen) atoms. The van der Waals surface area contributed by atoms with Crippen LogP contribution in [0.3, 0.4) is 0 Å². The first-order chi connectivity index (χ1) is 15.8. The van der Waals surface area contributed by atoms with Gasteiger partial charge in [-0.05, 0) is 97.6 Å². The Kier molecular flexibility index (Phi) is 5.79. The van der Waals surface area contributed by atoms with E-state index in [1.54, 1.807) is 12.2 Å². The molecule has 5 rings (SSSR count). The molecule has 4 aliphatic carbocycles. The smallest absolute Gasteiger partial charge is 0.225 e. The van der Waals surface area contributed by atoms with E-state index in [1.807, 2.05) is 0 Å². The average Bonchev–Trinajstić information content (AvgIpc) is 2.91. The van der Waals surface area contributed by atoms with Crippen LogP contribution in [0.4, 0.5) is 14.6 Å². The van der Waals surface area contributed by atoms with Gasteiger partial charge in [-0.3, -0.25) is 9.59 Å². The molecule has 0 saturated heterocycles. The number of fused-ring (bicyclic) bond motifs is 5. The summed E-state index contributed by atoms with van der Waals surface area (Å²) < 4.78 is 27.1. The molecule has 1 heterocycles. The molecule has 0 aliphatic heterocycles. The van der Waals surface area contributed by atoms with Crippen molar-refractivity contribution < 1.29 is 18.4 Å². The van der Waals surface area contributed by atoms with E-state index < -0.39 is 5.82 Å². The average molecular weight is 453 g/mol. The molecule has 4 aliphatic rings. The number of carbonyl (C=O) groups is 2. The van der Waals surface area contributed by atoms with Crippen LogP contribution in [0.2, 0.25) is 0 Å². The molecule has 3 unspecified atom stereocenters. The number of amides is 1. The number of nitrogens with one attached hydrogen (secondary N) is 1. The fraction of sp³-hybridized carbons (Fsp3) is 0.519. The number of anilines is 1. The van der Waals surface area contributed by atoms with Crippen LogP contribution >= 0.6 is 0 Å². The van der Waals surface area contributed by atoms with Crippen molar-refractivity contribution in [1.29, 1.82) is 0 Å². The van der Waals surface area contributed by atoms with Crippen LogP contribution in [-0.4, -0.2) is 16.7 Å². The van der Waals surface area contributed by atoms with Crippen LogP contribution in [-0.2, 0) is 9.59 Å². The third-order valence-corrected chi connectivity index (χ3v) is 8.50. The molecular formula is C27H30F2N2O2. The summed E-state index contributed by atoms with van der Waals surface area (Å²) in [5, 5.41) is 2.73. The van der Waals surface area contributed by atoms with E-state index >= 15 is 0 Å². The second-order valence-corrected chi connectivity index (χ2v) is 10.3. The van der Waals surface area contributed by atoms with Gasteiger partial charge < -0.3 is 5.32 Å². The molecule has 6 heteroatoms. The van der Waals surface area contributed by atoms with Gasteiger partial charge in [0.2, 0.25) is 5.91 Å². The van der Waals surface area contributed by atoms with Crippen LogP contribution in [0.5, 0.6) is 0 Å². The van der Waals surface area contributed by atoms with Crippen molar-refractivity contribution in [1.82, 2.24) is 4.98 Å². The molecule has 0 radical (unpaired) electrons. The zero-order valence-corrected chi connectivity index (χ0v) is 18.9. The number of hydrogen-bond acceptors (Lipinski definition) is 3. The van der Waals surface area contributed by atoms with E-state index in [2.05, 4.69) is 23.3 Å². The maximum Gasteiger partial charge on any atom is 0.225 e. The molecule has 174 valence electrons. The highest BCUT2D eigenvalue weighted by Crippen LogP contribution is 2.62. The number of halogens is 2. The van der Waals surface area contributed by atoms with Gasteiger partial charge in [-0.1, -0.05) is 13.0 Å². The second kappa shape index (κ2) is 8.62.